The molecule has 0 heterocycles. The fourth-order valence-electron chi connectivity index (χ4n) is 2.45. The fourth-order valence-corrected chi connectivity index (χ4v) is 2.84. The van der Waals surface area contributed by atoms with Gasteiger partial charge in [0.1, 0.15) is 5.75 Å². The average molecular weight is 340 g/mol. The Kier molecular flexibility index (Phi) is 5.91. The molecule has 1 aliphatic rings. The lowest BCUT2D eigenvalue weighted by Crippen LogP contribution is -2.19. The molecule has 1 aliphatic carbocycles. The molecule has 1 fully saturated rings. The van der Waals surface area contributed by atoms with Gasteiger partial charge in [-0.3, -0.25) is 0 Å². The van der Waals surface area contributed by atoms with Crippen LogP contribution in [0, 0.1) is 12.8 Å². The van der Waals surface area contributed by atoms with Crippen LogP contribution in [0.3, 0.4) is 0 Å². The van der Waals surface area contributed by atoms with Crippen molar-refractivity contribution < 1.29 is 4.74 Å². The summed E-state index contributed by atoms with van der Waals surface area (Å²) in [7, 11) is 1.76. The quantitative estimate of drug-likeness (QED) is 0.754. The van der Waals surface area contributed by atoms with Crippen LogP contribution in [0.5, 0.6) is 5.75 Å². The minimum Gasteiger partial charge on any atom is -0.496 e. The number of nitrogens with one attached hydrogen (secondary N) is 1. The van der Waals surface area contributed by atoms with Gasteiger partial charge in [0.15, 0.2) is 0 Å². The Balaban J connectivity index is 1.80. The van der Waals surface area contributed by atoms with E-state index < -0.39 is 0 Å². The molecule has 1 aromatic rings. The van der Waals surface area contributed by atoms with E-state index in [-0.39, 0.29) is 0 Å². The standard InChI is InChI=1S/C17H26BrNO/c1-12(8-9-19-15-6-7-15)4-5-14-11-16(18)13(2)10-17(14)20-3/h10-12,15,19H,4-9H2,1-3H3. The van der Waals surface area contributed by atoms with Crippen molar-refractivity contribution in [3.8, 4) is 5.75 Å². The zero-order valence-electron chi connectivity index (χ0n) is 12.8. The Labute approximate surface area is 131 Å². The van der Waals surface area contributed by atoms with Gasteiger partial charge < -0.3 is 10.1 Å². The maximum atomic E-state index is 5.50. The summed E-state index contributed by atoms with van der Waals surface area (Å²) in [4.78, 5) is 0. The molecule has 1 saturated carbocycles. The maximum Gasteiger partial charge on any atom is 0.122 e. The highest BCUT2D eigenvalue weighted by Crippen LogP contribution is 2.29. The predicted octanol–water partition coefficient (Wildman–Crippen LogP) is 4.48. The molecule has 0 radical (unpaired) electrons. The van der Waals surface area contributed by atoms with Crippen LogP contribution in [0.2, 0.25) is 0 Å². The predicted molar refractivity (Wildman–Crippen MR) is 88.6 cm³/mol. The Hall–Kier alpha value is -0.540. The minimum absolute atomic E-state index is 0.756. The molecule has 1 N–H and O–H groups in total. The maximum absolute atomic E-state index is 5.50. The van der Waals surface area contributed by atoms with Crippen LogP contribution in [0.15, 0.2) is 16.6 Å². The molecule has 1 atom stereocenters. The molecule has 0 amide bonds. The Morgan fingerprint density at radius 2 is 2.10 bits per heavy atom. The third-order valence-corrected chi connectivity index (χ3v) is 4.97. The van der Waals surface area contributed by atoms with Crippen molar-refractivity contribution >= 4 is 15.9 Å². The molecule has 0 saturated heterocycles. The lowest BCUT2D eigenvalue weighted by Gasteiger charge is -2.15. The summed E-state index contributed by atoms with van der Waals surface area (Å²) in [6.07, 6.45) is 6.34. The molecule has 2 nitrogen and oxygen atoms in total. The van der Waals surface area contributed by atoms with E-state index in [0.717, 1.165) is 24.1 Å². The van der Waals surface area contributed by atoms with Gasteiger partial charge >= 0.3 is 0 Å². The molecule has 0 aliphatic heterocycles. The second-order valence-corrected chi connectivity index (χ2v) is 6.93. The van der Waals surface area contributed by atoms with Crippen molar-refractivity contribution in [2.24, 2.45) is 5.92 Å². The molecular formula is C17H26BrNO. The van der Waals surface area contributed by atoms with Gasteiger partial charge in [0.2, 0.25) is 0 Å². The van der Waals surface area contributed by atoms with E-state index in [2.05, 4.69) is 47.2 Å². The van der Waals surface area contributed by atoms with E-state index in [4.69, 9.17) is 4.74 Å². The first-order chi connectivity index (χ1) is 9.60. The van der Waals surface area contributed by atoms with E-state index in [1.807, 2.05) is 0 Å². The van der Waals surface area contributed by atoms with Crippen molar-refractivity contribution in [2.75, 3.05) is 13.7 Å². The highest BCUT2D eigenvalue weighted by atomic mass is 79.9. The molecular weight excluding hydrogens is 314 g/mol. The zero-order valence-corrected chi connectivity index (χ0v) is 14.4. The third kappa shape index (κ3) is 4.78. The fraction of sp³-hybridized carbons (Fsp3) is 0.647. The number of rotatable bonds is 8. The molecule has 0 spiro atoms. The van der Waals surface area contributed by atoms with Crippen molar-refractivity contribution in [1.29, 1.82) is 0 Å². The van der Waals surface area contributed by atoms with Gasteiger partial charge in [-0.25, -0.2) is 0 Å². The van der Waals surface area contributed by atoms with E-state index in [1.54, 1.807) is 7.11 Å². The second-order valence-electron chi connectivity index (χ2n) is 6.07. The normalized spacial score (nSPS) is 16.2. The summed E-state index contributed by atoms with van der Waals surface area (Å²) in [5.41, 5.74) is 2.54. The van der Waals surface area contributed by atoms with Gasteiger partial charge in [-0.05, 0) is 74.8 Å². The molecule has 1 aromatic carbocycles. The van der Waals surface area contributed by atoms with Crippen LogP contribution in [0.1, 0.15) is 43.7 Å². The molecule has 3 heteroatoms. The number of aryl methyl sites for hydroxylation is 2. The number of ether oxygens (including phenoxy) is 1. The average Bonchev–Trinajstić information content (AvgIpc) is 3.23. The van der Waals surface area contributed by atoms with Gasteiger partial charge in [0, 0.05) is 10.5 Å². The topological polar surface area (TPSA) is 21.3 Å². The van der Waals surface area contributed by atoms with Crippen molar-refractivity contribution in [3.05, 3.63) is 27.7 Å². The van der Waals surface area contributed by atoms with Crippen LogP contribution in [-0.4, -0.2) is 19.7 Å². The van der Waals surface area contributed by atoms with Crippen LogP contribution < -0.4 is 10.1 Å². The minimum atomic E-state index is 0.756. The Morgan fingerprint density at radius 3 is 2.75 bits per heavy atom. The molecule has 112 valence electrons. The molecule has 0 aromatic heterocycles. The summed E-state index contributed by atoms with van der Waals surface area (Å²) in [6.45, 7) is 5.62. The van der Waals surface area contributed by atoms with Gasteiger partial charge in [0.25, 0.3) is 0 Å². The van der Waals surface area contributed by atoms with Gasteiger partial charge in [-0.15, -0.1) is 0 Å². The highest BCUT2D eigenvalue weighted by molar-refractivity contribution is 9.10. The lowest BCUT2D eigenvalue weighted by molar-refractivity contribution is 0.404. The first-order valence-corrected chi connectivity index (χ1v) is 8.46. The van der Waals surface area contributed by atoms with Crippen molar-refractivity contribution in [1.82, 2.24) is 5.32 Å². The summed E-state index contributed by atoms with van der Waals surface area (Å²) in [5.74, 6) is 1.78. The highest BCUT2D eigenvalue weighted by Gasteiger charge is 2.20. The number of halogens is 1. The molecule has 1 unspecified atom stereocenters. The van der Waals surface area contributed by atoms with E-state index in [9.17, 15) is 0 Å². The second kappa shape index (κ2) is 7.46. The van der Waals surface area contributed by atoms with Crippen LogP contribution >= 0.6 is 15.9 Å². The first kappa shape index (κ1) is 15.8. The summed E-state index contributed by atoms with van der Waals surface area (Å²) >= 11 is 3.62. The van der Waals surface area contributed by atoms with E-state index in [0.29, 0.717) is 0 Å². The van der Waals surface area contributed by atoms with E-state index in [1.165, 1.54) is 47.8 Å². The molecule has 0 bridgehead atoms. The van der Waals surface area contributed by atoms with Crippen LogP contribution in [0.4, 0.5) is 0 Å². The summed E-state index contributed by atoms with van der Waals surface area (Å²) in [6, 6.07) is 5.16. The van der Waals surface area contributed by atoms with Crippen molar-refractivity contribution in [2.45, 2.75) is 52.0 Å². The number of hydrogen-bond acceptors (Lipinski definition) is 2. The Morgan fingerprint density at radius 1 is 1.35 bits per heavy atom. The lowest BCUT2D eigenvalue weighted by atomic mass is 9.97. The first-order valence-electron chi connectivity index (χ1n) is 7.66. The number of benzene rings is 1. The molecule has 2 rings (SSSR count). The summed E-state index contributed by atoms with van der Waals surface area (Å²) < 4.78 is 6.68. The number of methoxy groups -OCH3 is 1. The Bertz CT molecular complexity index is 443. The van der Waals surface area contributed by atoms with Crippen molar-refractivity contribution in [3.63, 3.8) is 0 Å². The smallest absolute Gasteiger partial charge is 0.122 e. The largest absolute Gasteiger partial charge is 0.496 e. The van der Waals surface area contributed by atoms with Crippen LogP contribution in [0.25, 0.3) is 0 Å². The van der Waals surface area contributed by atoms with Gasteiger partial charge in [-0.2, -0.15) is 0 Å². The van der Waals surface area contributed by atoms with Crippen LogP contribution in [-0.2, 0) is 6.42 Å². The SMILES string of the molecule is COc1cc(C)c(Br)cc1CCC(C)CCNC1CC1. The zero-order chi connectivity index (χ0) is 14.5. The van der Waals surface area contributed by atoms with Gasteiger partial charge in [0.05, 0.1) is 7.11 Å². The summed E-state index contributed by atoms with van der Waals surface area (Å²) in [5, 5.41) is 3.59. The van der Waals surface area contributed by atoms with E-state index >= 15 is 0 Å². The molecule has 20 heavy (non-hydrogen) atoms. The third-order valence-electron chi connectivity index (χ3n) is 4.12. The monoisotopic (exact) mass is 339 g/mol. The number of hydrogen-bond donors (Lipinski definition) is 1. The van der Waals surface area contributed by atoms with Gasteiger partial charge in [-0.1, -0.05) is 22.9 Å².